The van der Waals surface area contributed by atoms with E-state index in [-0.39, 0.29) is 11.1 Å². The van der Waals surface area contributed by atoms with Crippen LogP contribution in [-0.2, 0) is 0 Å². The fourth-order valence-corrected chi connectivity index (χ4v) is 3.89. The molecule has 1 atom stereocenters. The Bertz CT molecular complexity index is 957. The molecule has 0 saturated carbocycles. The third-order valence-electron chi connectivity index (χ3n) is 4.16. The van der Waals surface area contributed by atoms with Crippen LogP contribution >= 0.6 is 11.3 Å². The largest absolute Gasteiger partial charge is 0.368 e. The molecule has 3 aromatic rings. The van der Waals surface area contributed by atoms with E-state index in [1.165, 1.54) is 0 Å². The van der Waals surface area contributed by atoms with E-state index in [1.54, 1.807) is 23.6 Å². The summed E-state index contributed by atoms with van der Waals surface area (Å²) in [5, 5.41) is 12.5. The van der Waals surface area contributed by atoms with E-state index in [2.05, 4.69) is 19.9 Å². The van der Waals surface area contributed by atoms with Crippen LogP contribution in [0.2, 0.25) is 0 Å². The summed E-state index contributed by atoms with van der Waals surface area (Å²) in [7, 11) is 0. The van der Waals surface area contributed by atoms with Gasteiger partial charge in [-0.2, -0.15) is 5.26 Å². The minimum Gasteiger partial charge on any atom is -0.368 e. The summed E-state index contributed by atoms with van der Waals surface area (Å²) in [5.74, 6) is 0.333. The second-order valence-electron chi connectivity index (χ2n) is 5.49. The van der Waals surface area contributed by atoms with Gasteiger partial charge in [0.15, 0.2) is 0 Å². The second-order valence-corrected chi connectivity index (χ2v) is 6.42. The highest BCUT2D eigenvalue weighted by molar-refractivity contribution is 7.09. The van der Waals surface area contributed by atoms with Gasteiger partial charge in [0, 0.05) is 36.8 Å². The fraction of sp³-hybridized carbons (Fsp3) is 0.250. The lowest BCUT2D eigenvalue weighted by atomic mass is 10.1. The fourth-order valence-electron chi connectivity index (χ4n) is 3.12. The molecule has 0 spiro atoms. The summed E-state index contributed by atoms with van der Waals surface area (Å²) in [6, 6.07) is 5.63. The number of nitrogens with one attached hydrogen (secondary N) is 1. The second kappa shape index (κ2) is 5.48. The van der Waals surface area contributed by atoms with Crippen molar-refractivity contribution < 1.29 is 0 Å². The summed E-state index contributed by atoms with van der Waals surface area (Å²) >= 11 is 1.65. The van der Waals surface area contributed by atoms with Crippen LogP contribution in [0, 0.1) is 11.3 Å². The highest BCUT2D eigenvalue weighted by Crippen LogP contribution is 2.34. The number of nitriles is 1. The van der Waals surface area contributed by atoms with Gasteiger partial charge in [-0.3, -0.25) is 9.78 Å². The Morgan fingerprint density at radius 1 is 1.39 bits per heavy atom. The lowest BCUT2D eigenvalue weighted by Crippen LogP contribution is -2.25. The van der Waals surface area contributed by atoms with Crippen molar-refractivity contribution in [2.24, 2.45) is 0 Å². The first-order valence-corrected chi connectivity index (χ1v) is 8.21. The van der Waals surface area contributed by atoms with Crippen LogP contribution in [0.4, 0.5) is 5.69 Å². The number of H-pyrrole nitrogens is 1. The number of rotatable bonds is 2. The third-order valence-corrected chi connectivity index (χ3v) is 5.10. The normalized spacial score (nSPS) is 17.5. The predicted octanol–water partition coefficient (Wildman–Crippen LogP) is 2.25. The molecule has 1 N–H and O–H groups in total. The highest BCUT2D eigenvalue weighted by Gasteiger charge is 2.29. The molecule has 1 aliphatic rings. The van der Waals surface area contributed by atoms with Crippen molar-refractivity contribution in [3.05, 3.63) is 50.8 Å². The maximum Gasteiger partial charge on any atom is 0.268 e. The van der Waals surface area contributed by atoms with Gasteiger partial charge < -0.3 is 9.88 Å². The predicted molar refractivity (Wildman–Crippen MR) is 88.8 cm³/mol. The SMILES string of the molecule is N#Cc1c(N2CCC(c3nccs3)C2)c2ncccc2[nH]c1=O. The van der Waals surface area contributed by atoms with Gasteiger partial charge in [-0.15, -0.1) is 11.3 Å². The van der Waals surface area contributed by atoms with E-state index in [4.69, 9.17) is 0 Å². The molecule has 3 aromatic heterocycles. The van der Waals surface area contributed by atoms with Crippen LogP contribution < -0.4 is 10.5 Å². The van der Waals surface area contributed by atoms with Crippen molar-refractivity contribution in [3.63, 3.8) is 0 Å². The zero-order valence-electron chi connectivity index (χ0n) is 12.2. The van der Waals surface area contributed by atoms with Crippen LogP contribution in [0.25, 0.3) is 11.0 Å². The Kier molecular flexibility index (Phi) is 3.32. The molecular weight excluding hydrogens is 310 g/mol. The van der Waals surface area contributed by atoms with E-state index >= 15 is 0 Å². The number of hydrogen-bond donors (Lipinski definition) is 1. The van der Waals surface area contributed by atoms with E-state index in [9.17, 15) is 10.1 Å². The lowest BCUT2D eigenvalue weighted by Gasteiger charge is -2.20. The summed E-state index contributed by atoms with van der Waals surface area (Å²) in [6.07, 6.45) is 4.45. The number of nitrogens with zero attached hydrogens (tertiary/aromatic N) is 4. The van der Waals surface area contributed by atoms with Gasteiger partial charge in [0.05, 0.1) is 16.2 Å². The van der Waals surface area contributed by atoms with Crippen LogP contribution in [0.1, 0.15) is 22.9 Å². The molecule has 0 aromatic carbocycles. The maximum absolute atomic E-state index is 12.2. The molecule has 1 saturated heterocycles. The third kappa shape index (κ3) is 2.28. The highest BCUT2D eigenvalue weighted by atomic mass is 32.1. The molecule has 0 aliphatic carbocycles. The number of thiazole rings is 1. The molecule has 1 fully saturated rings. The van der Waals surface area contributed by atoms with Gasteiger partial charge in [-0.1, -0.05) is 0 Å². The number of pyridine rings is 2. The molecule has 0 radical (unpaired) electrons. The Morgan fingerprint density at radius 2 is 2.30 bits per heavy atom. The Hall–Kier alpha value is -2.72. The molecule has 0 amide bonds. The molecule has 114 valence electrons. The minimum absolute atomic E-state index is 0.135. The molecule has 1 unspecified atom stereocenters. The topological polar surface area (TPSA) is 85.7 Å². The van der Waals surface area contributed by atoms with E-state index < -0.39 is 0 Å². The monoisotopic (exact) mass is 323 g/mol. The molecule has 1 aliphatic heterocycles. The summed E-state index contributed by atoms with van der Waals surface area (Å²) in [4.78, 5) is 25.8. The van der Waals surface area contributed by atoms with Crippen molar-refractivity contribution in [1.29, 1.82) is 5.26 Å². The minimum atomic E-state index is -0.360. The van der Waals surface area contributed by atoms with Gasteiger partial charge in [0.2, 0.25) is 0 Å². The standard InChI is InChI=1S/C16H13N5OS/c17-8-11-14(13-12(20-15(11)22)2-1-4-18-13)21-6-3-10(9-21)16-19-5-7-23-16/h1-2,4-5,7,10H,3,6,9H2,(H,20,22). The quantitative estimate of drug-likeness (QED) is 0.781. The molecule has 23 heavy (non-hydrogen) atoms. The Morgan fingerprint density at radius 3 is 3.09 bits per heavy atom. The number of hydrogen-bond acceptors (Lipinski definition) is 6. The van der Waals surface area contributed by atoms with Crippen molar-refractivity contribution in [3.8, 4) is 6.07 Å². The summed E-state index contributed by atoms with van der Waals surface area (Å²) in [5.41, 5.74) is 1.75. The molecule has 4 rings (SSSR count). The van der Waals surface area contributed by atoms with Crippen molar-refractivity contribution in [2.45, 2.75) is 12.3 Å². The zero-order chi connectivity index (χ0) is 15.8. The Balaban J connectivity index is 1.83. The number of fused-ring (bicyclic) bond motifs is 1. The summed E-state index contributed by atoms with van der Waals surface area (Å²) < 4.78 is 0. The first kappa shape index (κ1) is 13.9. The van der Waals surface area contributed by atoms with Gasteiger partial charge in [0.1, 0.15) is 17.1 Å². The lowest BCUT2D eigenvalue weighted by molar-refractivity contribution is 0.766. The van der Waals surface area contributed by atoms with Crippen molar-refractivity contribution in [2.75, 3.05) is 18.0 Å². The van der Waals surface area contributed by atoms with Crippen LogP contribution in [0.5, 0.6) is 0 Å². The van der Waals surface area contributed by atoms with E-state index in [1.807, 2.05) is 23.7 Å². The van der Waals surface area contributed by atoms with Gasteiger partial charge in [-0.25, -0.2) is 4.98 Å². The van der Waals surface area contributed by atoms with E-state index in [0.717, 1.165) is 24.5 Å². The first-order chi connectivity index (χ1) is 11.3. The number of aromatic amines is 1. The number of anilines is 1. The zero-order valence-corrected chi connectivity index (χ0v) is 13.0. The van der Waals surface area contributed by atoms with Gasteiger partial charge >= 0.3 is 0 Å². The van der Waals surface area contributed by atoms with Crippen LogP contribution in [0.15, 0.2) is 34.7 Å². The summed E-state index contributed by atoms with van der Waals surface area (Å²) in [6.45, 7) is 1.53. The average Bonchev–Trinajstić information content (AvgIpc) is 3.24. The van der Waals surface area contributed by atoms with E-state index in [0.29, 0.717) is 22.6 Å². The first-order valence-electron chi connectivity index (χ1n) is 7.33. The average molecular weight is 323 g/mol. The van der Waals surface area contributed by atoms with Gasteiger partial charge in [-0.05, 0) is 18.6 Å². The number of aromatic nitrogens is 3. The molecule has 6 nitrogen and oxygen atoms in total. The maximum atomic E-state index is 12.2. The van der Waals surface area contributed by atoms with Crippen molar-refractivity contribution >= 4 is 28.1 Å². The smallest absolute Gasteiger partial charge is 0.268 e. The van der Waals surface area contributed by atoms with Crippen LogP contribution in [0.3, 0.4) is 0 Å². The van der Waals surface area contributed by atoms with Gasteiger partial charge in [0.25, 0.3) is 5.56 Å². The molecule has 0 bridgehead atoms. The molecule has 4 heterocycles. The molecule has 7 heteroatoms. The molecular formula is C16H13N5OS. The van der Waals surface area contributed by atoms with Crippen LogP contribution in [-0.4, -0.2) is 28.0 Å². The van der Waals surface area contributed by atoms with Crippen molar-refractivity contribution in [1.82, 2.24) is 15.0 Å². The Labute approximate surface area is 136 Å².